The van der Waals surface area contributed by atoms with Crippen LogP contribution in [-0.4, -0.2) is 35.9 Å². The average Bonchev–Trinajstić information content (AvgIpc) is 3.22. The quantitative estimate of drug-likeness (QED) is 0.711. The first-order valence-electron chi connectivity index (χ1n) is 7.81. The summed E-state index contributed by atoms with van der Waals surface area (Å²) >= 11 is 0. The van der Waals surface area contributed by atoms with Crippen LogP contribution >= 0.6 is 0 Å². The van der Waals surface area contributed by atoms with E-state index in [2.05, 4.69) is 12.2 Å². The van der Waals surface area contributed by atoms with E-state index in [1.54, 1.807) is 0 Å². The molecule has 4 heteroatoms. The molecule has 110 valence electrons. The number of hydrogen-bond donors (Lipinski definition) is 2. The fraction of sp³-hybridized carbons (Fsp3) is 0.933. The highest BCUT2D eigenvalue weighted by atomic mass is 16.5. The summed E-state index contributed by atoms with van der Waals surface area (Å²) in [7, 11) is 0. The summed E-state index contributed by atoms with van der Waals surface area (Å²) in [5.74, 6) is -0.0698. The molecular weight excluding hydrogens is 242 g/mol. The molecule has 19 heavy (non-hydrogen) atoms. The van der Waals surface area contributed by atoms with Crippen molar-refractivity contribution in [2.24, 2.45) is 5.92 Å². The van der Waals surface area contributed by atoms with Gasteiger partial charge in [0.25, 0.3) is 0 Å². The maximum atomic E-state index is 11.1. The molecule has 0 saturated heterocycles. The van der Waals surface area contributed by atoms with Gasteiger partial charge in [0, 0.05) is 12.6 Å². The first kappa shape index (κ1) is 14.8. The van der Waals surface area contributed by atoms with Crippen LogP contribution in [0.2, 0.25) is 0 Å². The monoisotopic (exact) mass is 269 g/mol. The number of carbonyl (C=O) groups is 1. The third-order valence-corrected chi connectivity index (χ3v) is 4.41. The van der Waals surface area contributed by atoms with Crippen molar-refractivity contribution in [3.8, 4) is 0 Å². The molecule has 0 heterocycles. The molecule has 0 amide bonds. The fourth-order valence-electron chi connectivity index (χ4n) is 3.01. The summed E-state index contributed by atoms with van der Waals surface area (Å²) in [6.45, 7) is 2.79. The van der Waals surface area contributed by atoms with Gasteiger partial charge >= 0.3 is 5.97 Å². The van der Waals surface area contributed by atoms with Crippen molar-refractivity contribution in [2.45, 2.75) is 76.5 Å². The molecule has 0 spiro atoms. The van der Waals surface area contributed by atoms with Crippen molar-refractivity contribution in [3.63, 3.8) is 0 Å². The Bertz CT molecular complexity index is 291. The standard InChI is InChI=1S/C15H27NO3/c1-2-11-5-3-4-6-14(11)19-10-9-13(15(17)18)16-12-7-8-12/h11-14,16H,2-10H2,1H3,(H,17,18). The highest BCUT2D eigenvalue weighted by molar-refractivity contribution is 5.73. The minimum atomic E-state index is -0.744. The Morgan fingerprint density at radius 3 is 2.68 bits per heavy atom. The van der Waals surface area contributed by atoms with E-state index >= 15 is 0 Å². The molecular formula is C15H27NO3. The molecule has 2 aliphatic rings. The van der Waals surface area contributed by atoms with Gasteiger partial charge < -0.3 is 15.2 Å². The number of ether oxygens (including phenoxy) is 1. The van der Waals surface area contributed by atoms with Gasteiger partial charge in [-0.1, -0.05) is 26.2 Å². The summed E-state index contributed by atoms with van der Waals surface area (Å²) in [5.41, 5.74) is 0. The lowest BCUT2D eigenvalue weighted by molar-refractivity contribution is -0.140. The van der Waals surface area contributed by atoms with Gasteiger partial charge in [-0.25, -0.2) is 0 Å². The Kier molecular flexibility index (Phi) is 5.64. The predicted octanol–water partition coefficient (Wildman–Crippen LogP) is 2.57. The lowest BCUT2D eigenvalue weighted by Crippen LogP contribution is -2.39. The number of carboxylic acid groups (broad SMARTS) is 1. The molecule has 2 fully saturated rings. The molecule has 2 saturated carbocycles. The second-order valence-electron chi connectivity index (χ2n) is 5.98. The van der Waals surface area contributed by atoms with Crippen LogP contribution in [0.3, 0.4) is 0 Å². The van der Waals surface area contributed by atoms with Crippen LogP contribution in [0.15, 0.2) is 0 Å². The molecule has 2 aliphatic carbocycles. The second kappa shape index (κ2) is 7.25. The predicted molar refractivity (Wildman–Crippen MR) is 74.2 cm³/mol. The van der Waals surface area contributed by atoms with Crippen molar-refractivity contribution in [1.29, 1.82) is 0 Å². The summed E-state index contributed by atoms with van der Waals surface area (Å²) in [6, 6.07) is -0.00432. The molecule has 2 N–H and O–H groups in total. The van der Waals surface area contributed by atoms with Crippen molar-refractivity contribution in [2.75, 3.05) is 6.61 Å². The van der Waals surface area contributed by atoms with Gasteiger partial charge in [-0.05, 0) is 38.0 Å². The van der Waals surface area contributed by atoms with Crippen LogP contribution in [0.5, 0.6) is 0 Å². The number of aliphatic carboxylic acids is 1. The third kappa shape index (κ3) is 4.77. The van der Waals surface area contributed by atoms with Crippen LogP contribution < -0.4 is 5.32 Å². The highest BCUT2D eigenvalue weighted by Gasteiger charge is 2.29. The third-order valence-electron chi connectivity index (χ3n) is 4.41. The zero-order chi connectivity index (χ0) is 13.7. The van der Waals surface area contributed by atoms with E-state index < -0.39 is 12.0 Å². The zero-order valence-corrected chi connectivity index (χ0v) is 11.9. The molecule has 4 nitrogen and oxygen atoms in total. The topological polar surface area (TPSA) is 58.6 Å². The van der Waals surface area contributed by atoms with Gasteiger partial charge in [-0.15, -0.1) is 0 Å². The van der Waals surface area contributed by atoms with Gasteiger partial charge in [0.1, 0.15) is 6.04 Å². The van der Waals surface area contributed by atoms with Gasteiger partial charge in [0.15, 0.2) is 0 Å². The van der Waals surface area contributed by atoms with Gasteiger partial charge in [0.2, 0.25) is 0 Å². The smallest absolute Gasteiger partial charge is 0.320 e. The Hall–Kier alpha value is -0.610. The molecule has 3 unspecified atom stereocenters. The minimum absolute atomic E-state index is 0.356. The van der Waals surface area contributed by atoms with E-state index in [1.807, 2.05) is 0 Å². The number of nitrogens with one attached hydrogen (secondary N) is 1. The molecule has 0 radical (unpaired) electrons. The average molecular weight is 269 g/mol. The molecule has 0 aromatic heterocycles. The fourth-order valence-corrected chi connectivity index (χ4v) is 3.01. The Balaban J connectivity index is 1.69. The molecule has 0 bridgehead atoms. The van der Waals surface area contributed by atoms with E-state index in [9.17, 15) is 4.79 Å². The Morgan fingerprint density at radius 1 is 1.32 bits per heavy atom. The van der Waals surface area contributed by atoms with Crippen molar-refractivity contribution < 1.29 is 14.6 Å². The van der Waals surface area contributed by atoms with Crippen LogP contribution in [0.4, 0.5) is 0 Å². The normalized spacial score (nSPS) is 29.1. The largest absolute Gasteiger partial charge is 0.480 e. The molecule has 0 aliphatic heterocycles. The van der Waals surface area contributed by atoms with Crippen LogP contribution in [-0.2, 0) is 9.53 Å². The van der Waals surface area contributed by atoms with E-state index in [-0.39, 0.29) is 0 Å². The molecule has 2 rings (SSSR count). The van der Waals surface area contributed by atoms with Crippen molar-refractivity contribution >= 4 is 5.97 Å². The number of hydrogen-bond acceptors (Lipinski definition) is 3. The summed E-state index contributed by atoms with van der Waals surface area (Å²) in [6.07, 6.45) is 9.33. The number of rotatable bonds is 8. The Labute approximate surface area is 115 Å². The van der Waals surface area contributed by atoms with Crippen molar-refractivity contribution in [3.05, 3.63) is 0 Å². The number of carboxylic acids is 1. The molecule has 0 aromatic rings. The van der Waals surface area contributed by atoms with E-state index in [0.29, 0.717) is 31.1 Å². The van der Waals surface area contributed by atoms with Crippen LogP contribution in [0.1, 0.15) is 58.3 Å². The first-order valence-corrected chi connectivity index (χ1v) is 7.81. The zero-order valence-electron chi connectivity index (χ0n) is 11.9. The van der Waals surface area contributed by atoms with E-state index in [4.69, 9.17) is 9.84 Å². The minimum Gasteiger partial charge on any atom is -0.480 e. The summed E-state index contributed by atoms with van der Waals surface area (Å²) in [4.78, 5) is 11.1. The second-order valence-corrected chi connectivity index (χ2v) is 5.98. The maximum absolute atomic E-state index is 11.1. The lowest BCUT2D eigenvalue weighted by Gasteiger charge is -2.31. The van der Waals surface area contributed by atoms with Gasteiger partial charge in [0.05, 0.1) is 6.10 Å². The van der Waals surface area contributed by atoms with Crippen molar-refractivity contribution in [1.82, 2.24) is 5.32 Å². The lowest BCUT2D eigenvalue weighted by atomic mass is 9.85. The van der Waals surface area contributed by atoms with Gasteiger partial charge in [-0.3, -0.25) is 4.79 Å². The van der Waals surface area contributed by atoms with Gasteiger partial charge in [-0.2, -0.15) is 0 Å². The molecule has 3 atom stereocenters. The highest BCUT2D eigenvalue weighted by Crippen LogP contribution is 2.29. The van der Waals surface area contributed by atoms with E-state index in [1.165, 1.54) is 25.7 Å². The molecule has 0 aromatic carbocycles. The maximum Gasteiger partial charge on any atom is 0.320 e. The Morgan fingerprint density at radius 2 is 2.05 bits per heavy atom. The van der Waals surface area contributed by atoms with Crippen LogP contribution in [0, 0.1) is 5.92 Å². The summed E-state index contributed by atoms with van der Waals surface area (Å²) in [5, 5.41) is 12.3. The summed E-state index contributed by atoms with van der Waals surface area (Å²) < 4.78 is 5.97. The first-order chi connectivity index (χ1) is 9.20. The SMILES string of the molecule is CCC1CCCCC1OCCC(NC1CC1)C(=O)O. The van der Waals surface area contributed by atoms with E-state index in [0.717, 1.165) is 19.3 Å². The van der Waals surface area contributed by atoms with Crippen LogP contribution in [0.25, 0.3) is 0 Å².